The highest BCUT2D eigenvalue weighted by Gasteiger charge is 2.35. The summed E-state index contributed by atoms with van der Waals surface area (Å²) in [7, 11) is 1.43. The van der Waals surface area contributed by atoms with Gasteiger partial charge in [-0.1, -0.05) is 19.1 Å². The number of carbonyl (C=O) groups is 4. The molecule has 3 N–H and O–H groups in total. The van der Waals surface area contributed by atoms with E-state index in [0.29, 0.717) is 23.3 Å². The van der Waals surface area contributed by atoms with Crippen LogP contribution in [0.15, 0.2) is 42.5 Å². The number of hydrogen-bond acceptors (Lipinski definition) is 5. The van der Waals surface area contributed by atoms with Gasteiger partial charge in [-0.2, -0.15) is 0 Å². The number of methoxy groups -OCH3 is 1. The highest BCUT2D eigenvalue weighted by Crippen LogP contribution is 2.25. The number of hydrogen-bond donors (Lipinski definition) is 3. The molecule has 2 atom stereocenters. The summed E-state index contributed by atoms with van der Waals surface area (Å²) in [6, 6.07) is 8.73. The highest BCUT2D eigenvalue weighted by molar-refractivity contribution is 6.00. The largest absolute Gasteiger partial charge is 0.496 e. The summed E-state index contributed by atoms with van der Waals surface area (Å²) in [5, 5.41) is 14.6. The molecule has 1 aliphatic heterocycles. The van der Waals surface area contributed by atoms with Crippen molar-refractivity contribution in [3.63, 3.8) is 0 Å². The Kier molecular flexibility index (Phi) is 7.83. The molecule has 2 aromatic rings. The van der Waals surface area contributed by atoms with Crippen LogP contribution in [-0.2, 0) is 16.0 Å². The van der Waals surface area contributed by atoms with Crippen molar-refractivity contribution in [3.05, 3.63) is 65.0 Å². The summed E-state index contributed by atoms with van der Waals surface area (Å²) < 4.78 is 19.0. The van der Waals surface area contributed by atoms with E-state index in [4.69, 9.17) is 4.74 Å². The number of benzene rings is 2. The number of halogens is 1. The smallest absolute Gasteiger partial charge is 0.335 e. The summed E-state index contributed by atoms with van der Waals surface area (Å²) in [6.45, 7) is 1.32. The fourth-order valence-electron chi connectivity index (χ4n) is 3.86. The maximum atomic E-state index is 13.8. The number of rotatable bonds is 7. The van der Waals surface area contributed by atoms with Crippen molar-refractivity contribution in [2.45, 2.75) is 25.8 Å². The molecule has 1 heterocycles. The van der Waals surface area contributed by atoms with E-state index in [1.807, 2.05) is 0 Å². The first-order valence-corrected chi connectivity index (χ1v) is 10.8. The van der Waals surface area contributed by atoms with Gasteiger partial charge in [0, 0.05) is 6.54 Å². The third-order valence-electron chi connectivity index (χ3n) is 5.66. The number of carbonyl (C=O) groups excluding carboxylic acids is 3. The summed E-state index contributed by atoms with van der Waals surface area (Å²) in [5.74, 6) is -3.11. The summed E-state index contributed by atoms with van der Waals surface area (Å²) >= 11 is 0. The van der Waals surface area contributed by atoms with Crippen molar-refractivity contribution in [1.29, 1.82) is 0 Å². The predicted molar refractivity (Wildman–Crippen MR) is 120 cm³/mol. The van der Waals surface area contributed by atoms with E-state index in [0.717, 1.165) is 4.90 Å². The van der Waals surface area contributed by atoms with Crippen molar-refractivity contribution in [1.82, 2.24) is 15.5 Å². The number of nitrogens with one attached hydrogen (secondary N) is 2. The van der Waals surface area contributed by atoms with Crippen LogP contribution in [-0.4, -0.2) is 54.0 Å². The molecule has 0 spiro atoms. The van der Waals surface area contributed by atoms with Gasteiger partial charge in [-0.15, -0.1) is 0 Å². The molecule has 0 saturated carbocycles. The Hall–Kier alpha value is -3.95. The monoisotopic (exact) mass is 471 g/mol. The molecule has 10 heteroatoms. The maximum absolute atomic E-state index is 13.8. The number of imide groups is 1. The van der Waals surface area contributed by atoms with Gasteiger partial charge < -0.3 is 20.5 Å². The van der Waals surface area contributed by atoms with Crippen molar-refractivity contribution in [2.24, 2.45) is 5.92 Å². The summed E-state index contributed by atoms with van der Waals surface area (Å²) in [5.41, 5.74) is 1.07. The number of aromatic carboxylic acids is 1. The quantitative estimate of drug-likeness (QED) is 0.570. The van der Waals surface area contributed by atoms with Crippen LogP contribution in [0.3, 0.4) is 0 Å². The second-order valence-corrected chi connectivity index (χ2v) is 7.93. The number of carboxylic acids is 1. The molecule has 0 bridgehead atoms. The SMILES string of the molecule is CCC(NC(=O)N1CC(=O)NCC(Cc2cc(F)ccc2OC)C1=O)c1cccc(C(=O)O)c1. The van der Waals surface area contributed by atoms with Crippen LogP contribution in [0.25, 0.3) is 0 Å². The van der Waals surface area contributed by atoms with Gasteiger partial charge in [0.05, 0.1) is 24.6 Å². The van der Waals surface area contributed by atoms with Crippen molar-refractivity contribution in [3.8, 4) is 5.75 Å². The zero-order chi connectivity index (χ0) is 24.8. The van der Waals surface area contributed by atoms with Gasteiger partial charge in [0.2, 0.25) is 11.8 Å². The topological polar surface area (TPSA) is 125 Å². The van der Waals surface area contributed by atoms with Crippen molar-refractivity contribution in [2.75, 3.05) is 20.2 Å². The lowest BCUT2D eigenvalue weighted by molar-refractivity contribution is -0.133. The zero-order valence-electron chi connectivity index (χ0n) is 18.8. The third-order valence-corrected chi connectivity index (χ3v) is 5.66. The van der Waals surface area contributed by atoms with Gasteiger partial charge >= 0.3 is 12.0 Å². The van der Waals surface area contributed by atoms with Gasteiger partial charge in [0.1, 0.15) is 18.1 Å². The molecule has 9 nitrogen and oxygen atoms in total. The zero-order valence-corrected chi connectivity index (χ0v) is 18.8. The lowest BCUT2D eigenvalue weighted by Gasteiger charge is -2.25. The van der Waals surface area contributed by atoms with E-state index >= 15 is 0 Å². The number of urea groups is 1. The molecule has 0 radical (unpaired) electrons. The molecule has 2 unspecified atom stereocenters. The minimum atomic E-state index is -1.10. The van der Waals surface area contributed by atoms with Crippen LogP contribution in [0.4, 0.5) is 9.18 Å². The Bertz CT molecular complexity index is 1110. The van der Waals surface area contributed by atoms with Gasteiger partial charge in [0.15, 0.2) is 0 Å². The van der Waals surface area contributed by atoms with E-state index in [9.17, 15) is 28.7 Å². The number of carboxylic acid groups (broad SMARTS) is 1. The van der Waals surface area contributed by atoms with Crippen LogP contribution in [0, 0.1) is 11.7 Å². The van der Waals surface area contributed by atoms with Gasteiger partial charge in [0.25, 0.3) is 0 Å². The molecular weight excluding hydrogens is 445 g/mol. The molecule has 3 rings (SSSR count). The van der Waals surface area contributed by atoms with E-state index in [1.54, 1.807) is 19.1 Å². The number of amides is 4. The Morgan fingerprint density at radius 1 is 1.26 bits per heavy atom. The van der Waals surface area contributed by atoms with Crippen LogP contribution in [0.2, 0.25) is 0 Å². The second kappa shape index (κ2) is 10.8. The molecule has 0 aliphatic carbocycles. The number of nitrogens with zero attached hydrogens (tertiary/aromatic N) is 1. The minimum Gasteiger partial charge on any atom is -0.496 e. The molecule has 1 aliphatic rings. The highest BCUT2D eigenvalue weighted by atomic mass is 19.1. The van der Waals surface area contributed by atoms with E-state index in [2.05, 4.69) is 10.6 Å². The minimum absolute atomic E-state index is 0.0149. The first-order chi connectivity index (χ1) is 16.2. The Morgan fingerprint density at radius 2 is 2.03 bits per heavy atom. The summed E-state index contributed by atoms with van der Waals surface area (Å²) in [6.07, 6.45) is 0.481. The average molecular weight is 471 g/mol. The summed E-state index contributed by atoms with van der Waals surface area (Å²) in [4.78, 5) is 50.6. The fourth-order valence-corrected chi connectivity index (χ4v) is 3.86. The van der Waals surface area contributed by atoms with Crippen LogP contribution in [0.5, 0.6) is 5.75 Å². The molecule has 1 saturated heterocycles. The van der Waals surface area contributed by atoms with Crippen molar-refractivity contribution < 1.29 is 33.4 Å². The number of ether oxygens (including phenoxy) is 1. The van der Waals surface area contributed by atoms with E-state index in [1.165, 1.54) is 37.4 Å². The van der Waals surface area contributed by atoms with Gasteiger partial charge in [-0.3, -0.25) is 14.5 Å². The van der Waals surface area contributed by atoms with Gasteiger partial charge in [-0.25, -0.2) is 14.0 Å². The van der Waals surface area contributed by atoms with Gasteiger partial charge in [-0.05, 0) is 54.3 Å². The standard InChI is InChI=1S/C24H26FN3O6/c1-3-19(14-5-4-6-15(9-14)23(31)32)27-24(33)28-13-21(29)26-12-17(22(28)30)10-16-11-18(25)7-8-20(16)34-2/h4-9,11,17,19H,3,10,12-13H2,1-2H3,(H,26,29)(H,27,33)(H,31,32). The maximum Gasteiger partial charge on any atom is 0.335 e. The van der Waals surface area contributed by atoms with Crippen LogP contribution < -0.4 is 15.4 Å². The third kappa shape index (κ3) is 5.69. The average Bonchev–Trinajstić information content (AvgIpc) is 2.96. The lowest BCUT2D eigenvalue weighted by atomic mass is 9.97. The molecular formula is C24H26FN3O6. The normalized spacial score (nSPS) is 16.9. The molecule has 0 aromatic heterocycles. The Morgan fingerprint density at radius 3 is 2.71 bits per heavy atom. The van der Waals surface area contributed by atoms with Crippen LogP contribution >= 0.6 is 0 Å². The lowest BCUT2D eigenvalue weighted by Crippen LogP contribution is -2.48. The molecule has 4 amide bonds. The van der Waals surface area contributed by atoms with Crippen molar-refractivity contribution >= 4 is 23.8 Å². The molecule has 1 fully saturated rings. The first kappa shape index (κ1) is 24.7. The Balaban J connectivity index is 1.81. The predicted octanol–water partition coefficient (Wildman–Crippen LogP) is 2.51. The second-order valence-electron chi connectivity index (χ2n) is 7.93. The van der Waals surface area contributed by atoms with Crippen LogP contribution in [0.1, 0.15) is 40.9 Å². The molecule has 180 valence electrons. The van der Waals surface area contributed by atoms with E-state index in [-0.39, 0.29) is 18.5 Å². The molecule has 2 aromatic carbocycles. The van der Waals surface area contributed by atoms with E-state index < -0.39 is 48.1 Å². The molecule has 34 heavy (non-hydrogen) atoms. The fraction of sp³-hybridized carbons (Fsp3) is 0.333. The first-order valence-electron chi connectivity index (χ1n) is 10.8. The Labute approximate surface area is 195 Å².